The van der Waals surface area contributed by atoms with Crippen LogP contribution < -0.4 is 14.2 Å². The Morgan fingerprint density at radius 3 is 2.86 bits per heavy atom. The second-order valence-corrected chi connectivity index (χ2v) is 6.61. The van der Waals surface area contributed by atoms with Crippen LogP contribution >= 0.6 is 11.6 Å². The van der Waals surface area contributed by atoms with Crippen LogP contribution in [0.15, 0.2) is 30.6 Å². The van der Waals surface area contributed by atoms with Crippen LogP contribution in [0.2, 0.25) is 5.02 Å². The molecule has 0 amide bonds. The molecule has 1 aliphatic heterocycles. The highest BCUT2D eigenvalue weighted by Gasteiger charge is 2.16. The highest BCUT2D eigenvalue weighted by molar-refractivity contribution is 6.36. The molecule has 8 nitrogen and oxygen atoms in total. The number of aromatic nitrogens is 3. The van der Waals surface area contributed by atoms with Gasteiger partial charge in [-0.1, -0.05) is 11.6 Å². The Morgan fingerprint density at radius 1 is 1.25 bits per heavy atom. The zero-order chi connectivity index (χ0) is 19.3. The van der Waals surface area contributed by atoms with Crippen molar-refractivity contribution in [2.45, 2.75) is 0 Å². The quantitative estimate of drug-likeness (QED) is 0.647. The number of benzene rings is 1. The van der Waals surface area contributed by atoms with Crippen molar-refractivity contribution in [3.63, 3.8) is 0 Å². The van der Waals surface area contributed by atoms with Gasteiger partial charge in [0.2, 0.25) is 5.88 Å². The minimum atomic E-state index is 0.326. The summed E-state index contributed by atoms with van der Waals surface area (Å²) in [6.45, 7) is 4.71. The maximum absolute atomic E-state index is 6.59. The lowest BCUT2D eigenvalue weighted by molar-refractivity contribution is 0.0322. The van der Waals surface area contributed by atoms with Crippen molar-refractivity contribution >= 4 is 22.5 Å². The Balaban J connectivity index is 1.55. The van der Waals surface area contributed by atoms with E-state index in [9.17, 15) is 0 Å². The molecule has 1 N–H and O–H groups in total. The van der Waals surface area contributed by atoms with Gasteiger partial charge in [-0.15, -0.1) is 0 Å². The summed E-state index contributed by atoms with van der Waals surface area (Å²) in [7, 11) is 1.59. The van der Waals surface area contributed by atoms with E-state index in [0.717, 1.165) is 38.2 Å². The predicted octanol–water partition coefficient (Wildman–Crippen LogP) is 3.12. The molecule has 1 aliphatic rings. The molecule has 0 aliphatic carbocycles. The molecule has 0 bridgehead atoms. The second kappa shape index (κ2) is 8.64. The second-order valence-electron chi connectivity index (χ2n) is 6.24. The molecule has 28 heavy (non-hydrogen) atoms. The van der Waals surface area contributed by atoms with Crippen molar-refractivity contribution in [1.29, 1.82) is 0 Å². The van der Waals surface area contributed by atoms with Gasteiger partial charge in [0.05, 0.1) is 20.3 Å². The topological polar surface area (TPSA) is 81.7 Å². The Morgan fingerprint density at radius 2 is 2.11 bits per heavy atom. The number of methoxy groups -OCH3 is 1. The third-order valence-electron chi connectivity index (χ3n) is 4.49. The Bertz CT molecular complexity index is 929. The maximum atomic E-state index is 6.59. The van der Waals surface area contributed by atoms with Crippen molar-refractivity contribution in [3.05, 3.63) is 35.6 Å². The summed E-state index contributed by atoms with van der Waals surface area (Å²) >= 11 is 6.59. The van der Waals surface area contributed by atoms with Crippen molar-refractivity contribution in [3.8, 4) is 23.4 Å². The van der Waals surface area contributed by atoms with Crippen molar-refractivity contribution in [1.82, 2.24) is 19.9 Å². The molecular weight excluding hydrogens is 384 g/mol. The van der Waals surface area contributed by atoms with Gasteiger partial charge in [0.15, 0.2) is 0 Å². The molecule has 3 aromatic rings. The highest BCUT2D eigenvalue weighted by Crippen LogP contribution is 2.38. The summed E-state index contributed by atoms with van der Waals surface area (Å²) in [5.41, 5.74) is 0.548. The van der Waals surface area contributed by atoms with Gasteiger partial charge in [-0.25, -0.2) is 9.97 Å². The summed E-state index contributed by atoms with van der Waals surface area (Å²) in [5.74, 6) is 1.51. The van der Waals surface area contributed by atoms with E-state index >= 15 is 0 Å². The summed E-state index contributed by atoms with van der Waals surface area (Å²) in [4.78, 5) is 13.7. The number of nitrogens with zero attached hydrogens (tertiary/aromatic N) is 3. The molecule has 1 saturated heterocycles. The van der Waals surface area contributed by atoms with E-state index in [2.05, 4.69) is 19.9 Å². The van der Waals surface area contributed by atoms with Crippen LogP contribution in [0.3, 0.4) is 0 Å². The predicted molar refractivity (Wildman–Crippen MR) is 105 cm³/mol. The van der Waals surface area contributed by atoms with Gasteiger partial charge in [-0.2, -0.15) is 0 Å². The lowest BCUT2D eigenvalue weighted by Gasteiger charge is -2.26. The first-order valence-corrected chi connectivity index (χ1v) is 9.40. The third-order valence-corrected chi connectivity index (χ3v) is 4.85. The number of hydrogen-bond donors (Lipinski definition) is 1. The van der Waals surface area contributed by atoms with Crippen molar-refractivity contribution in [2.24, 2.45) is 0 Å². The zero-order valence-corrected chi connectivity index (χ0v) is 16.2. The summed E-state index contributed by atoms with van der Waals surface area (Å²) < 4.78 is 22.4. The lowest BCUT2D eigenvalue weighted by Crippen LogP contribution is -2.38. The van der Waals surface area contributed by atoms with Gasteiger partial charge in [-0.3, -0.25) is 4.90 Å². The number of aromatic amines is 1. The van der Waals surface area contributed by atoms with E-state index in [-0.39, 0.29) is 0 Å². The van der Waals surface area contributed by atoms with E-state index in [1.807, 2.05) is 12.1 Å². The number of hydrogen-bond acceptors (Lipinski definition) is 7. The molecule has 1 aromatic carbocycles. The van der Waals surface area contributed by atoms with Crippen LogP contribution in [0.5, 0.6) is 23.4 Å². The summed E-state index contributed by atoms with van der Waals surface area (Å²) in [6, 6.07) is 5.75. The standard InChI is InChI=1S/C19H21ClN4O4/c1-25-15-12-16(28-19-21-4-5-22-19)23-18-13(15)2-3-14(17(18)20)27-11-8-24-6-9-26-10-7-24/h2-5,12H,6-11H2,1H3,(H,21,22). The maximum Gasteiger partial charge on any atom is 0.300 e. The van der Waals surface area contributed by atoms with Crippen LogP contribution in [0.25, 0.3) is 10.9 Å². The number of morpholine rings is 1. The molecule has 148 valence electrons. The number of pyridine rings is 1. The highest BCUT2D eigenvalue weighted by atomic mass is 35.5. The first-order valence-electron chi connectivity index (χ1n) is 9.02. The van der Waals surface area contributed by atoms with Crippen LogP contribution in [0.4, 0.5) is 0 Å². The molecule has 0 atom stereocenters. The van der Waals surface area contributed by atoms with Crippen LogP contribution in [0.1, 0.15) is 0 Å². The molecule has 3 heterocycles. The van der Waals surface area contributed by atoms with Gasteiger partial charge in [-0.05, 0) is 12.1 Å². The smallest absolute Gasteiger partial charge is 0.300 e. The number of halogens is 1. The average molecular weight is 405 g/mol. The number of rotatable bonds is 7. The van der Waals surface area contributed by atoms with E-state index in [4.69, 9.17) is 30.5 Å². The molecule has 4 rings (SSSR count). The molecule has 0 saturated carbocycles. The number of imidazole rings is 1. The minimum absolute atomic E-state index is 0.326. The average Bonchev–Trinajstić information content (AvgIpc) is 3.23. The van der Waals surface area contributed by atoms with Gasteiger partial charge in [0.25, 0.3) is 6.01 Å². The molecule has 0 unspecified atom stereocenters. The number of fused-ring (bicyclic) bond motifs is 1. The van der Waals surface area contributed by atoms with Crippen LogP contribution in [0, 0.1) is 0 Å². The fourth-order valence-corrected chi connectivity index (χ4v) is 3.30. The van der Waals surface area contributed by atoms with E-state index in [1.54, 1.807) is 25.6 Å². The van der Waals surface area contributed by atoms with Gasteiger partial charge in [0.1, 0.15) is 28.6 Å². The third kappa shape index (κ3) is 4.14. The van der Waals surface area contributed by atoms with E-state index in [0.29, 0.717) is 40.5 Å². The largest absolute Gasteiger partial charge is 0.496 e. The fraction of sp³-hybridized carbons (Fsp3) is 0.368. The molecule has 1 fully saturated rings. The normalized spacial score (nSPS) is 14.9. The number of ether oxygens (including phenoxy) is 4. The van der Waals surface area contributed by atoms with Gasteiger partial charge in [0, 0.05) is 43.5 Å². The van der Waals surface area contributed by atoms with E-state index in [1.165, 1.54) is 0 Å². The van der Waals surface area contributed by atoms with Gasteiger partial charge < -0.3 is 23.9 Å². The minimum Gasteiger partial charge on any atom is -0.496 e. The molecule has 2 aromatic heterocycles. The van der Waals surface area contributed by atoms with E-state index < -0.39 is 0 Å². The number of H-pyrrole nitrogens is 1. The Labute approximate surface area is 167 Å². The van der Waals surface area contributed by atoms with Crippen LogP contribution in [-0.4, -0.2) is 66.4 Å². The Kier molecular flexibility index (Phi) is 5.80. The fourth-order valence-electron chi connectivity index (χ4n) is 3.03. The molecule has 0 radical (unpaired) electrons. The van der Waals surface area contributed by atoms with Crippen molar-refractivity contribution < 1.29 is 18.9 Å². The van der Waals surface area contributed by atoms with Gasteiger partial charge >= 0.3 is 0 Å². The van der Waals surface area contributed by atoms with Crippen molar-refractivity contribution in [2.75, 3.05) is 46.6 Å². The molecule has 0 spiro atoms. The SMILES string of the molecule is COc1cc(Oc2ncc[nH]2)nc2c(Cl)c(OCCN3CCOCC3)ccc12. The molecular formula is C19H21ClN4O4. The molecule has 9 heteroatoms. The lowest BCUT2D eigenvalue weighted by atomic mass is 10.2. The van der Waals surface area contributed by atoms with Crippen LogP contribution in [-0.2, 0) is 4.74 Å². The zero-order valence-electron chi connectivity index (χ0n) is 15.5. The number of nitrogens with one attached hydrogen (secondary N) is 1. The Hall–Kier alpha value is -2.55. The monoisotopic (exact) mass is 404 g/mol. The summed E-state index contributed by atoms with van der Waals surface area (Å²) in [6.07, 6.45) is 3.27. The first kappa shape index (κ1) is 18.8. The first-order chi connectivity index (χ1) is 13.7. The summed E-state index contributed by atoms with van der Waals surface area (Å²) in [5, 5.41) is 1.20.